The summed E-state index contributed by atoms with van der Waals surface area (Å²) in [5.74, 6) is 2.23. The summed E-state index contributed by atoms with van der Waals surface area (Å²) in [7, 11) is 0. The van der Waals surface area contributed by atoms with Crippen LogP contribution < -0.4 is 28.3 Å². The largest absolute Gasteiger partial charge is 0.382 e. The van der Waals surface area contributed by atoms with Crippen LogP contribution in [0.15, 0.2) is 49.3 Å². The molecule has 0 aliphatic carbocycles. The van der Waals surface area contributed by atoms with Crippen molar-refractivity contribution in [3.63, 3.8) is 0 Å². The number of aliphatic imine (C=N–C) groups is 1. The first-order valence-corrected chi connectivity index (χ1v) is 17.9. The van der Waals surface area contributed by atoms with Crippen LogP contribution in [-0.2, 0) is 22.2 Å². The number of hydrogen-bond acceptors (Lipinski definition) is 16. The monoisotopic (exact) mass is 766 g/mol. The van der Waals surface area contributed by atoms with E-state index >= 15 is 0 Å². The first kappa shape index (κ1) is 40.9. The Kier molecular flexibility index (Phi) is 11.0. The molecule has 0 radical (unpaired) electrons. The predicted octanol–water partition coefficient (Wildman–Crippen LogP) is 4.54. The van der Waals surface area contributed by atoms with Gasteiger partial charge in [-0.3, -0.25) is 4.99 Å². The van der Waals surface area contributed by atoms with E-state index in [2.05, 4.69) is 148 Å². The summed E-state index contributed by atoms with van der Waals surface area (Å²) in [5.41, 5.74) is 27.9. The highest BCUT2D eigenvalue weighted by molar-refractivity contribution is 5.82. The van der Waals surface area contributed by atoms with Gasteiger partial charge < -0.3 is 46.5 Å². The van der Waals surface area contributed by atoms with Gasteiger partial charge in [-0.05, 0) is 83.1 Å². The SMILES string of the molecule is CC(C)(C)n1cnc2c(N)ncnc21.CC(C)(C)n1cnc2c(N)ncnc21.CC(C)(C)n1cnc2c(N)ncnc21.CC(C)(C)n1cnc2c1NC=NC2N. The molecule has 1 unspecified atom stereocenters. The van der Waals surface area contributed by atoms with Gasteiger partial charge in [0.05, 0.1) is 31.6 Å². The molecule has 0 bridgehead atoms. The fourth-order valence-electron chi connectivity index (χ4n) is 5.51. The molecule has 0 spiro atoms. The number of nitrogen functional groups attached to an aromatic ring is 3. The molecule has 1 aliphatic rings. The summed E-state index contributed by atoms with van der Waals surface area (Å²) in [6, 6.07) is 0. The molecule has 20 nitrogen and oxygen atoms in total. The maximum Gasteiger partial charge on any atom is 0.165 e. The molecular weight excluding hydrogens is 713 g/mol. The summed E-state index contributed by atoms with van der Waals surface area (Å²) in [6.45, 7) is 25.2. The maximum atomic E-state index is 5.79. The Morgan fingerprint density at radius 1 is 0.464 bits per heavy atom. The third-order valence-electron chi connectivity index (χ3n) is 8.49. The molecule has 298 valence electrons. The van der Waals surface area contributed by atoms with E-state index in [0.29, 0.717) is 34.0 Å². The number of imidazole rings is 4. The Morgan fingerprint density at radius 2 is 0.786 bits per heavy atom. The fourth-order valence-corrected chi connectivity index (χ4v) is 5.51. The van der Waals surface area contributed by atoms with Gasteiger partial charge in [0.1, 0.15) is 53.2 Å². The number of nitrogens with two attached hydrogens (primary N) is 4. The summed E-state index contributed by atoms with van der Waals surface area (Å²) < 4.78 is 8.02. The lowest BCUT2D eigenvalue weighted by Gasteiger charge is -2.25. The van der Waals surface area contributed by atoms with Gasteiger partial charge in [0.15, 0.2) is 34.4 Å². The van der Waals surface area contributed by atoms with Crippen LogP contribution in [0.1, 0.15) is 94.9 Å². The van der Waals surface area contributed by atoms with Crippen LogP contribution in [0.2, 0.25) is 0 Å². The molecule has 1 aliphatic heterocycles. The van der Waals surface area contributed by atoms with Gasteiger partial charge in [0, 0.05) is 22.2 Å². The van der Waals surface area contributed by atoms with Gasteiger partial charge in [0.25, 0.3) is 0 Å². The molecule has 0 aromatic carbocycles. The van der Waals surface area contributed by atoms with Crippen molar-refractivity contribution in [2.75, 3.05) is 22.5 Å². The topological polar surface area (TPSA) is 277 Å². The van der Waals surface area contributed by atoms with E-state index in [4.69, 9.17) is 22.9 Å². The van der Waals surface area contributed by atoms with Crippen molar-refractivity contribution in [1.29, 1.82) is 0 Å². The lowest BCUT2D eigenvalue weighted by molar-refractivity contribution is 0.401. The summed E-state index contributed by atoms with van der Waals surface area (Å²) in [5, 5.41) is 3.08. The second-order valence-corrected chi connectivity index (χ2v) is 17.0. The van der Waals surface area contributed by atoms with E-state index in [1.165, 1.54) is 19.0 Å². The number of fused-ring (bicyclic) bond motifs is 4. The highest BCUT2D eigenvalue weighted by Gasteiger charge is 2.25. The lowest BCUT2D eigenvalue weighted by Crippen LogP contribution is -2.25. The van der Waals surface area contributed by atoms with Crippen LogP contribution in [0.3, 0.4) is 0 Å². The van der Waals surface area contributed by atoms with Crippen molar-refractivity contribution < 1.29 is 0 Å². The second-order valence-electron chi connectivity index (χ2n) is 17.0. The number of nitrogens with zero attached hydrogens (tertiary/aromatic N) is 15. The van der Waals surface area contributed by atoms with Crippen LogP contribution in [0.4, 0.5) is 23.3 Å². The highest BCUT2D eigenvalue weighted by Crippen LogP contribution is 2.29. The smallest absolute Gasteiger partial charge is 0.165 e. The Labute approximate surface area is 325 Å². The predicted molar refractivity (Wildman–Crippen MR) is 220 cm³/mol. The summed E-state index contributed by atoms with van der Waals surface area (Å²) in [4.78, 5) is 45.1. The Balaban J connectivity index is 0.000000143. The quantitative estimate of drug-likeness (QED) is 0.142. The number of hydrogen-bond donors (Lipinski definition) is 5. The van der Waals surface area contributed by atoms with Crippen molar-refractivity contribution in [2.24, 2.45) is 10.7 Å². The molecular formula is C36H54N20. The highest BCUT2D eigenvalue weighted by atomic mass is 15.2. The van der Waals surface area contributed by atoms with Crippen molar-refractivity contribution in [3.8, 4) is 0 Å². The summed E-state index contributed by atoms with van der Waals surface area (Å²) >= 11 is 0. The molecule has 8 rings (SSSR count). The molecule has 56 heavy (non-hydrogen) atoms. The van der Waals surface area contributed by atoms with E-state index in [1.54, 1.807) is 31.6 Å². The minimum Gasteiger partial charge on any atom is -0.382 e. The Morgan fingerprint density at radius 3 is 1.11 bits per heavy atom. The summed E-state index contributed by atoms with van der Waals surface area (Å²) in [6.07, 6.45) is 12.7. The van der Waals surface area contributed by atoms with Crippen LogP contribution in [0.5, 0.6) is 0 Å². The molecule has 7 aromatic heterocycles. The molecule has 0 fully saturated rings. The number of anilines is 4. The van der Waals surface area contributed by atoms with Crippen molar-refractivity contribution in [2.45, 2.75) is 111 Å². The molecule has 0 saturated heterocycles. The first-order valence-electron chi connectivity index (χ1n) is 17.9. The van der Waals surface area contributed by atoms with Crippen molar-refractivity contribution in [3.05, 3.63) is 50.0 Å². The number of aromatic nitrogens is 14. The van der Waals surface area contributed by atoms with Crippen molar-refractivity contribution in [1.82, 2.24) is 68.1 Å². The zero-order valence-corrected chi connectivity index (χ0v) is 34.2. The second kappa shape index (κ2) is 15.1. The fraction of sp³-hybridized carbons (Fsp3) is 0.472. The Hall–Kier alpha value is -6.31. The molecule has 0 saturated carbocycles. The van der Waals surface area contributed by atoms with Gasteiger partial charge in [-0.2, -0.15) is 0 Å². The van der Waals surface area contributed by atoms with Gasteiger partial charge in [-0.1, -0.05) is 0 Å². The van der Waals surface area contributed by atoms with Gasteiger partial charge in [-0.15, -0.1) is 0 Å². The zero-order valence-electron chi connectivity index (χ0n) is 34.2. The number of rotatable bonds is 0. The van der Waals surface area contributed by atoms with Crippen LogP contribution in [0.25, 0.3) is 33.5 Å². The standard InChI is InChI=1S/C9H15N5.3C9H13N5/c4*1-9(2,3)14-5-13-6-7(10)11-4-12-8(6)14/h4-5,7H,10H2,1-3H3,(H,11,12);3*4-5H,1-3H3,(H2,10,11,12). The average molecular weight is 767 g/mol. The third kappa shape index (κ3) is 8.64. The van der Waals surface area contributed by atoms with Gasteiger partial charge in [0.2, 0.25) is 0 Å². The van der Waals surface area contributed by atoms with Crippen LogP contribution in [0, 0.1) is 0 Å². The zero-order chi connectivity index (χ0) is 41.4. The first-order chi connectivity index (χ1) is 26.0. The van der Waals surface area contributed by atoms with E-state index in [-0.39, 0.29) is 28.3 Å². The molecule has 20 heteroatoms. The van der Waals surface area contributed by atoms with Gasteiger partial charge >= 0.3 is 0 Å². The minimum absolute atomic E-state index is 0.00150. The molecule has 7 aromatic rings. The minimum atomic E-state index is -0.338. The third-order valence-corrected chi connectivity index (χ3v) is 8.49. The van der Waals surface area contributed by atoms with E-state index in [9.17, 15) is 0 Å². The molecule has 9 N–H and O–H groups in total. The normalized spacial score (nSPS) is 14.3. The van der Waals surface area contributed by atoms with Crippen LogP contribution in [-0.4, -0.2) is 74.4 Å². The van der Waals surface area contributed by atoms with E-state index < -0.39 is 0 Å². The number of nitrogens with one attached hydrogen (secondary N) is 1. The van der Waals surface area contributed by atoms with Crippen molar-refractivity contribution >= 4 is 63.1 Å². The van der Waals surface area contributed by atoms with Gasteiger partial charge in [-0.25, -0.2) is 49.8 Å². The Bertz CT molecular complexity index is 2240. The lowest BCUT2D eigenvalue weighted by atomic mass is 10.1. The van der Waals surface area contributed by atoms with Crippen LogP contribution >= 0.6 is 0 Å². The van der Waals surface area contributed by atoms with E-state index in [0.717, 1.165) is 28.5 Å². The van der Waals surface area contributed by atoms with E-state index in [1.807, 2.05) is 13.7 Å². The molecule has 0 amide bonds. The maximum absolute atomic E-state index is 5.79. The average Bonchev–Trinajstić information content (AvgIpc) is 3.89. The molecule has 8 heterocycles. The molecule has 1 atom stereocenters.